The number of ether oxygens (including phenoxy) is 1. The number of nitrogens with one attached hydrogen (secondary N) is 1. The van der Waals surface area contributed by atoms with Crippen LogP contribution in [0.25, 0.3) is 11.2 Å². The molecular formula is C10H16N5O8P. The van der Waals surface area contributed by atoms with Crippen LogP contribution in [0.3, 0.4) is 0 Å². The van der Waals surface area contributed by atoms with Crippen LogP contribution < -0.4 is 5.73 Å². The predicted molar refractivity (Wildman–Crippen MR) is 77.0 cm³/mol. The number of aromatic amines is 1. The molecule has 8 N–H and O–H groups in total. The summed E-state index contributed by atoms with van der Waals surface area (Å²) in [5, 5.41) is 27.0. The van der Waals surface area contributed by atoms with Crippen molar-refractivity contribution >= 4 is 24.8 Å². The molecule has 1 fully saturated rings. The Balaban J connectivity index is 0.000000182. The van der Waals surface area contributed by atoms with Gasteiger partial charge in [0, 0.05) is 0 Å². The second-order valence-corrected chi connectivity index (χ2v) is 5.93. The molecule has 0 aromatic carbocycles. The zero-order valence-electron chi connectivity index (χ0n) is 12.0. The Hall–Kier alpha value is -1.70. The Bertz CT molecular complexity index is 722. The number of anilines is 1. The van der Waals surface area contributed by atoms with Crippen molar-refractivity contribution in [1.29, 1.82) is 0 Å². The number of rotatable bonds is 3. The molecule has 4 atom stereocenters. The number of fused-ring (bicyclic) bond motifs is 1. The van der Waals surface area contributed by atoms with Gasteiger partial charge in [-0.1, -0.05) is 0 Å². The lowest BCUT2D eigenvalue weighted by molar-refractivity contribution is -0.132. The summed E-state index contributed by atoms with van der Waals surface area (Å²) in [5.41, 5.74) is 6.78. The van der Waals surface area contributed by atoms with Crippen molar-refractivity contribution in [2.75, 3.05) is 12.3 Å². The average Bonchev–Trinajstić information content (AvgIpc) is 3.07. The summed E-state index contributed by atoms with van der Waals surface area (Å²) >= 11 is 0. The molecule has 1 aliphatic rings. The van der Waals surface area contributed by atoms with Gasteiger partial charge in [0.05, 0.1) is 12.9 Å². The third kappa shape index (κ3) is 4.66. The molecule has 3 heterocycles. The molecule has 0 saturated carbocycles. The van der Waals surface area contributed by atoms with E-state index in [1.54, 1.807) is 0 Å². The predicted octanol–water partition coefficient (Wildman–Crippen LogP) is -2.53. The number of imidazole rings is 1. The fraction of sp³-hybridized carbons (Fsp3) is 0.500. The van der Waals surface area contributed by atoms with Crippen LogP contribution >= 0.6 is 7.82 Å². The zero-order chi connectivity index (χ0) is 17.9. The average molecular weight is 365 g/mol. The summed E-state index contributed by atoms with van der Waals surface area (Å²) in [4.78, 5) is 31.0. The minimum atomic E-state index is -4.64. The molecule has 134 valence electrons. The first-order chi connectivity index (χ1) is 11.2. The molecule has 2 aromatic heterocycles. The van der Waals surface area contributed by atoms with Crippen LogP contribution in [-0.4, -0.2) is 76.3 Å². The maximum Gasteiger partial charge on any atom is 0.469 e. The summed E-state index contributed by atoms with van der Waals surface area (Å²) in [6, 6.07) is 0. The number of aliphatic hydroxyl groups is 3. The molecule has 2 aromatic rings. The lowest BCUT2D eigenvalue weighted by Gasteiger charge is -2.14. The van der Waals surface area contributed by atoms with E-state index in [2.05, 4.69) is 29.2 Å². The van der Waals surface area contributed by atoms with E-state index >= 15 is 0 Å². The molecule has 0 spiro atoms. The first-order valence-corrected chi connectivity index (χ1v) is 8.01. The minimum absolute atomic E-state index is 0.433. The highest BCUT2D eigenvalue weighted by molar-refractivity contribution is 7.46. The first kappa shape index (κ1) is 18.6. The van der Waals surface area contributed by atoms with Crippen LogP contribution in [0.15, 0.2) is 12.7 Å². The molecule has 3 rings (SSSR count). The lowest BCUT2D eigenvalue weighted by Crippen LogP contribution is -2.34. The summed E-state index contributed by atoms with van der Waals surface area (Å²) in [6.45, 7) is -0.612. The second-order valence-electron chi connectivity index (χ2n) is 4.69. The number of nitrogen functional groups attached to an aromatic ring is 1. The number of nitrogens with two attached hydrogens (primary N) is 1. The number of aliphatic hydroxyl groups excluding tert-OH is 3. The van der Waals surface area contributed by atoms with Gasteiger partial charge in [0.1, 0.15) is 30.2 Å². The van der Waals surface area contributed by atoms with E-state index in [0.717, 1.165) is 0 Å². The molecule has 24 heavy (non-hydrogen) atoms. The van der Waals surface area contributed by atoms with Crippen molar-refractivity contribution in [3.8, 4) is 0 Å². The fourth-order valence-electron chi connectivity index (χ4n) is 1.82. The van der Waals surface area contributed by atoms with Crippen molar-refractivity contribution in [1.82, 2.24) is 19.9 Å². The summed E-state index contributed by atoms with van der Waals surface area (Å²) < 4.78 is 18.9. The molecule has 1 saturated heterocycles. The smallest absolute Gasteiger partial charge is 0.387 e. The normalized spacial score (nSPS) is 27.0. The molecule has 0 bridgehead atoms. The molecule has 0 aliphatic carbocycles. The molecule has 0 radical (unpaired) electrons. The third-order valence-corrected chi connectivity index (χ3v) is 3.48. The van der Waals surface area contributed by atoms with Crippen LogP contribution in [0.5, 0.6) is 0 Å². The maximum atomic E-state index is 10.3. The van der Waals surface area contributed by atoms with E-state index in [9.17, 15) is 4.57 Å². The zero-order valence-corrected chi connectivity index (χ0v) is 12.9. The van der Waals surface area contributed by atoms with Gasteiger partial charge in [-0.2, -0.15) is 0 Å². The van der Waals surface area contributed by atoms with Gasteiger partial charge in [-0.15, -0.1) is 0 Å². The molecule has 0 amide bonds. The lowest BCUT2D eigenvalue weighted by atomic mass is 10.1. The van der Waals surface area contributed by atoms with Gasteiger partial charge in [0.15, 0.2) is 17.8 Å². The van der Waals surface area contributed by atoms with Gasteiger partial charge in [0.2, 0.25) is 0 Å². The van der Waals surface area contributed by atoms with Crippen LogP contribution in [0.4, 0.5) is 5.82 Å². The Morgan fingerprint density at radius 2 is 1.96 bits per heavy atom. The maximum absolute atomic E-state index is 10.3. The summed E-state index contributed by atoms with van der Waals surface area (Å²) in [7, 11) is -4.64. The molecule has 1 unspecified atom stereocenters. The van der Waals surface area contributed by atoms with Gasteiger partial charge < -0.3 is 40.6 Å². The number of H-pyrrole nitrogens is 1. The standard InChI is InChI=1S/C5H5N5.C5H11O8P/c6-4-3-5(9-1-7-3)10-2-8-4;6-3-2(1-12-14(9,10)11)13-5(8)4(3)7/h1-2H,(H3,6,7,8,9,10);2-8H,1H2,(H2,9,10,11)/t;2-,3-,4-,5?/m.1/s1. The van der Waals surface area contributed by atoms with E-state index in [4.69, 9.17) is 30.8 Å². The highest BCUT2D eigenvalue weighted by atomic mass is 31.2. The van der Waals surface area contributed by atoms with E-state index in [0.29, 0.717) is 17.0 Å². The third-order valence-electron chi connectivity index (χ3n) is 3.00. The van der Waals surface area contributed by atoms with Crippen molar-refractivity contribution in [3.05, 3.63) is 12.7 Å². The highest BCUT2D eigenvalue weighted by Gasteiger charge is 2.42. The number of aromatic nitrogens is 4. The monoisotopic (exact) mass is 365 g/mol. The topological polar surface area (TPSA) is 217 Å². The largest absolute Gasteiger partial charge is 0.469 e. The van der Waals surface area contributed by atoms with Crippen molar-refractivity contribution in [2.45, 2.75) is 24.6 Å². The number of phosphoric acid groups is 1. The van der Waals surface area contributed by atoms with E-state index in [1.807, 2.05) is 0 Å². The Kier molecular flexibility index (Phi) is 5.79. The number of phosphoric ester groups is 1. The van der Waals surface area contributed by atoms with Crippen LogP contribution in [0, 0.1) is 0 Å². The summed E-state index contributed by atoms with van der Waals surface area (Å²) in [5.74, 6) is 0.433. The van der Waals surface area contributed by atoms with Crippen molar-refractivity contribution in [2.24, 2.45) is 0 Å². The Morgan fingerprint density at radius 1 is 1.25 bits per heavy atom. The van der Waals surface area contributed by atoms with Crippen LogP contribution in [0.1, 0.15) is 0 Å². The first-order valence-electron chi connectivity index (χ1n) is 6.48. The minimum Gasteiger partial charge on any atom is -0.387 e. The van der Waals surface area contributed by atoms with Gasteiger partial charge in [0.25, 0.3) is 0 Å². The van der Waals surface area contributed by atoms with Crippen molar-refractivity contribution in [3.63, 3.8) is 0 Å². The van der Waals surface area contributed by atoms with E-state index < -0.39 is 39.0 Å². The molecule has 1 aliphatic heterocycles. The number of nitrogens with zero attached hydrogens (tertiary/aromatic N) is 3. The Morgan fingerprint density at radius 3 is 2.50 bits per heavy atom. The second kappa shape index (κ2) is 7.46. The van der Waals surface area contributed by atoms with Crippen LogP contribution in [0.2, 0.25) is 0 Å². The quantitative estimate of drug-likeness (QED) is 0.280. The van der Waals surface area contributed by atoms with Gasteiger partial charge in [-0.05, 0) is 0 Å². The van der Waals surface area contributed by atoms with E-state index in [-0.39, 0.29) is 0 Å². The van der Waals surface area contributed by atoms with Crippen molar-refractivity contribution < 1.29 is 38.9 Å². The van der Waals surface area contributed by atoms with Gasteiger partial charge in [-0.25, -0.2) is 19.5 Å². The molecule has 14 heteroatoms. The highest BCUT2D eigenvalue weighted by Crippen LogP contribution is 2.36. The van der Waals surface area contributed by atoms with Crippen LogP contribution in [-0.2, 0) is 13.8 Å². The van der Waals surface area contributed by atoms with Gasteiger partial charge >= 0.3 is 7.82 Å². The number of hydrogen-bond donors (Lipinski definition) is 7. The SMILES string of the molecule is Nc1ncnc2nc[nH]c12.O=P(O)(O)OC[C@H]1OC(O)[C@H](O)[C@@H]1O. The molecular weight excluding hydrogens is 349 g/mol. The fourth-order valence-corrected chi connectivity index (χ4v) is 2.16. The number of hydrogen-bond acceptors (Lipinski definition) is 10. The Labute approximate surface area is 134 Å². The summed E-state index contributed by atoms with van der Waals surface area (Å²) in [6.07, 6.45) is -2.74. The van der Waals surface area contributed by atoms with Gasteiger partial charge in [-0.3, -0.25) is 4.52 Å². The van der Waals surface area contributed by atoms with E-state index in [1.165, 1.54) is 12.7 Å². The molecule has 13 nitrogen and oxygen atoms in total.